The molecule has 1 fully saturated rings. The van der Waals surface area contributed by atoms with E-state index >= 15 is 0 Å². The average Bonchev–Trinajstić information content (AvgIpc) is 3.00. The maximum absolute atomic E-state index is 13.0. The Balaban J connectivity index is 1.83. The maximum atomic E-state index is 13.0. The monoisotopic (exact) mass is 483 g/mol. The highest BCUT2D eigenvalue weighted by Crippen LogP contribution is 2.41. The van der Waals surface area contributed by atoms with Gasteiger partial charge in [-0.05, 0) is 58.5 Å². The molecule has 34 heavy (non-hydrogen) atoms. The SMILES string of the molecule is COc1ccccc1OCCN1C(=O)S/C(=C\c2cc(C(C)(C)C)c(O)c(C(C)(C)C)c2)C1=O. The summed E-state index contributed by atoms with van der Waals surface area (Å²) in [5.74, 6) is 1.08. The van der Waals surface area contributed by atoms with E-state index in [1.54, 1.807) is 25.3 Å². The molecule has 0 aliphatic carbocycles. The van der Waals surface area contributed by atoms with Crippen LogP contribution in [-0.4, -0.2) is 41.4 Å². The number of phenols is 1. The largest absolute Gasteiger partial charge is 0.507 e. The Morgan fingerprint density at radius 3 is 2.06 bits per heavy atom. The normalized spacial score (nSPS) is 15.9. The van der Waals surface area contributed by atoms with Crippen LogP contribution in [0.2, 0.25) is 0 Å². The first-order chi connectivity index (χ1) is 15.8. The molecule has 0 bridgehead atoms. The summed E-state index contributed by atoms with van der Waals surface area (Å²) in [4.78, 5) is 27.1. The number of imide groups is 1. The molecule has 2 aromatic rings. The summed E-state index contributed by atoms with van der Waals surface area (Å²) in [7, 11) is 1.56. The molecule has 6 nitrogen and oxygen atoms in total. The summed E-state index contributed by atoms with van der Waals surface area (Å²) in [5, 5.41) is 10.6. The third-order valence-electron chi connectivity index (χ3n) is 5.56. The number of benzene rings is 2. The van der Waals surface area contributed by atoms with Gasteiger partial charge in [-0.25, -0.2) is 0 Å². The molecule has 2 amide bonds. The van der Waals surface area contributed by atoms with Crippen molar-refractivity contribution < 1.29 is 24.2 Å². The molecule has 0 saturated carbocycles. The Morgan fingerprint density at radius 2 is 1.53 bits per heavy atom. The Labute approximate surface area is 205 Å². The zero-order chi connectivity index (χ0) is 25.3. The first-order valence-electron chi connectivity index (χ1n) is 11.2. The Morgan fingerprint density at radius 1 is 0.971 bits per heavy atom. The van der Waals surface area contributed by atoms with Crippen LogP contribution in [0, 0.1) is 0 Å². The fourth-order valence-corrected chi connectivity index (χ4v) is 4.58. The molecule has 1 N–H and O–H groups in total. The molecule has 1 aliphatic rings. The molecule has 0 unspecified atom stereocenters. The number of amides is 2. The first kappa shape index (κ1) is 25.7. The average molecular weight is 484 g/mol. The number of nitrogens with zero attached hydrogens (tertiary/aromatic N) is 1. The van der Waals surface area contributed by atoms with Crippen molar-refractivity contribution in [2.75, 3.05) is 20.3 Å². The molecular weight excluding hydrogens is 450 g/mol. The van der Waals surface area contributed by atoms with E-state index in [0.717, 1.165) is 28.5 Å². The van der Waals surface area contributed by atoms with Crippen molar-refractivity contribution in [3.63, 3.8) is 0 Å². The predicted octanol–water partition coefficient (Wildman–Crippen LogP) is 6.11. The van der Waals surface area contributed by atoms with Gasteiger partial charge in [0.2, 0.25) is 0 Å². The minimum Gasteiger partial charge on any atom is -0.507 e. The number of phenolic OH excluding ortho intramolecular Hbond substituents is 1. The van der Waals surface area contributed by atoms with Gasteiger partial charge in [0.15, 0.2) is 11.5 Å². The van der Waals surface area contributed by atoms with Gasteiger partial charge in [0, 0.05) is 11.1 Å². The molecular formula is C27H33NO5S. The third-order valence-corrected chi connectivity index (χ3v) is 6.47. The smallest absolute Gasteiger partial charge is 0.293 e. The van der Waals surface area contributed by atoms with Crippen LogP contribution in [-0.2, 0) is 15.6 Å². The van der Waals surface area contributed by atoms with Crippen molar-refractivity contribution in [1.82, 2.24) is 4.90 Å². The van der Waals surface area contributed by atoms with Crippen LogP contribution >= 0.6 is 11.8 Å². The van der Waals surface area contributed by atoms with Crippen LogP contribution in [0.5, 0.6) is 17.2 Å². The van der Waals surface area contributed by atoms with Gasteiger partial charge in [0.1, 0.15) is 12.4 Å². The summed E-state index contributed by atoms with van der Waals surface area (Å²) in [6.07, 6.45) is 1.73. The van der Waals surface area contributed by atoms with Crippen LogP contribution in [0.25, 0.3) is 6.08 Å². The highest BCUT2D eigenvalue weighted by atomic mass is 32.2. The van der Waals surface area contributed by atoms with E-state index in [-0.39, 0.29) is 40.9 Å². The van der Waals surface area contributed by atoms with Gasteiger partial charge in [0.25, 0.3) is 11.1 Å². The lowest BCUT2D eigenvalue weighted by Crippen LogP contribution is -2.32. The number of thioether (sulfide) groups is 1. The Bertz CT molecular complexity index is 1090. The number of methoxy groups -OCH3 is 1. The van der Waals surface area contributed by atoms with Gasteiger partial charge in [-0.2, -0.15) is 0 Å². The number of aromatic hydroxyl groups is 1. The van der Waals surface area contributed by atoms with E-state index < -0.39 is 0 Å². The fraction of sp³-hybridized carbons (Fsp3) is 0.407. The van der Waals surface area contributed by atoms with E-state index in [1.165, 1.54) is 4.90 Å². The molecule has 1 heterocycles. The minimum atomic E-state index is -0.346. The van der Waals surface area contributed by atoms with E-state index in [4.69, 9.17) is 9.47 Å². The number of hydrogen-bond donors (Lipinski definition) is 1. The van der Waals surface area contributed by atoms with Gasteiger partial charge in [-0.3, -0.25) is 14.5 Å². The topological polar surface area (TPSA) is 76.1 Å². The molecule has 0 spiro atoms. The number of carbonyl (C=O) groups excluding carboxylic acids is 2. The van der Waals surface area contributed by atoms with Gasteiger partial charge in [-0.1, -0.05) is 53.7 Å². The highest BCUT2D eigenvalue weighted by Gasteiger charge is 2.35. The maximum Gasteiger partial charge on any atom is 0.293 e. The molecule has 1 aliphatic heterocycles. The molecule has 0 atom stereocenters. The summed E-state index contributed by atoms with van der Waals surface area (Å²) in [5.41, 5.74) is 1.81. The van der Waals surface area contributed by atoms with Gasteiger partial charge < -0.3 is 14.6 Å². The van der Waals surface area contributed by atoms with Crippen LogP contribution in [0.4, 0.5) is 4.79 Å². The quantitative estimate of drug-likeness (QED) is 0.500. The van der Waals surface area contributed by atoms with Crippen molar-refractivity contribution in [2.24, 2.45) is 0 Å². The van der Waals surface area contributed by atoms with E-state index in [0.29, 0.717) is 16.4 Å². The lowest BCUT2D eigenvalue weighted by atomic mass is 9.78. The first-order valence-corrected chi connectivity index (χ1v) is 12.0. The minimum absolute atomic E-state index is 0.135. The van der Waals surface area contributed by atoms with Crippen molar-refractivity contribution in [3.8, 4) is 17.2 Å². The third kappa shape index (κ3) is 5.58. The van der Waals surface area contributed by atoms with Crippen LogP contribution in [0.1, 0.15) is 58.2 Å². The van der Waals surface area contributed by atoms with E-state index in [9.17, 15) is 14.7 Å². The standard InChI is InChI=1S/C27H33NO5S/c1-26(2,3)18-14-17(15-19(23(18)29)27(4,5)6)16-22-24(30)28(25(31)34-22)12-13-33-21-11-9-8-10-20(21)32-7/h8-11,14-16,29H,12-13H2,1-7H3/b22-16-. The van der Waals surface area contributed by atoms with Gasteiger partial charge in [-0.15, -0.1) is 0 Å². The second-order valence-electron chi connectivity index (χ2n) is 10.3. The lowest BCUT2D eigenvalue weighted by Gasteiger charge is -2.28. The van der Waals surface area contributed by atoms with Crippen molar-refractivity contribution in [2.45, 2.75) is 52.4 Å². The molecule has 2 aromatic carbocycles. The zero-order valence-corrected chi connectivity index (χ0v) is 21.7. The summed E-state index contributed by atoms with van der Waals surface area (Å²) >= 11 is 0.917. The number of ether oxygens (including phenoxy) is 2. The van der Waals surface area contributed by atoms with Crippen LogP contribution in [0.3, 0.4) is 0 Å². The van der Waals surface area contributed by atoms with E-state index in [2.05, 4.69) is 0 Å². The number of hydrogen-bond acceptors (Lipinski definition) is 6. The van der Waals surface area contributed by atoms with E-state index in [1.807, 2.05) is 65.8 Å². The molecule has 182 valence electrons. The van der Waals surface area contributed by atoms with Crippen molar-refractivity contribution in [1.29, 1.82) is 0 Å². The fourth-order valence-electron chi connectivity index (χ4n) is 3.71. The Hall–Kier alpha value is -2.93. The van der Waals surface area contributed by atoms with Crippen molar-refractivity contribution >= 4 is 29.0 Å². The molecule has 7 heteroatoms. The molecule has 1 saturated heterocycles. The predicted molar refractivity (Wildman–Crippen MR) is 137 cm³/mol. The molecule has 0 radical (unpaired) electrons. The molecule has 3 rings (SSSR count). The summed E-state index contributed by atoms with van der Waals surface area (Å²) in [6.45, 7) is 12.5. The second-order valence-corrected chi connectivity index (χ2v) is 11.3. The molecule has 0 aromatic heterocycles. The highest BCUT2D eigenvalue weighted by molar-refractivity contribution is 8.18. The Kier molecular flexibility index (Phi) is 7.36. The number of carbonyl (C=O) groups is 2. The summed E-state index contributed by atoms with van der Waals surface area (Å²) in [6, 6.07) is 11.0. The number of rotatable bonds is 6. The second kappa shape index (κ2) is 9.74. The van der Waals surface area contributed by atoms with Gasteiger partial charge >= 0.3 is 0 Å². The summed E-state index contributed by atoms with van der Waals surface area (Å²) < 4.78 is 11.0. The van der Waals surface area contributed by atoms with Crippen molar-refractivity contribution in [3.05, 3.63) is 58.0 Å². The van der Waals surface area contributed by atoms with Crippen LogP contribution in [0.15, 0.2) is 41.3 Å². The zero-order valence-electron chi connectivity index (χ0n) is 20.9. The number of para-hydroxylation sites is 2. The van der Waals surface area contributed by atoms with Crippen LogP contribution < -0.4 is 9.47 Å². The van der Waals surface area contributed by atoms with Gasteiger partial charge in [0.05, 0.1) is 18.6 Å². The lowest BCUT2D eigenvalue weighted by molar-refractivity contribution is -0.123.